The molecular formula is C9H15FN2O. The van der Waals surface area contributed by atoms with Crippen molar-refractivity contribution in [2.45, 2.75) is 38.0 Å². The molecule has 0 radical (unpaired) electrons. The van der Waals surface area contributed by atoms with E-state index >= 15 is 0 Å². The first-order valence-electron chi connectivity index (χ1n) is 4.85. The minimum Gasteiger partial charge on any atom is -0.337 e. The zero-order valence-corrected chi connectivity index (χ0v) is 7.79. The number of halogens is 1. The Hall–Kier alpha value is -0.640. The van der Waals surface area contributed by atoms with E-state index in [4.69, 9.17) is 0 Å². The van der Waals surface area contributed by atoms with Gasteiger partial charge < -0.3 is 10.2 Å². The van der Waals surface area contributed by atoms with E-state index in [1.807, 2.05) is 6.92 Å². The lowest BCUT2D eigenvalue weighted by Crippen LogP contribution is -2.57. The molecule has 2 aliphatic rings. The van der Waals surface area contributed by atoms with Crippen molar-refractivity contribution in [3.8, 4) is 0 Å². The fourth-order valence-electron chi connectivity index (χ4n) is 2.12. The zero-order chi connectivity index (χ0) is 9.42. The minimum atomic E-state index is -0.791. The Kier molecular flexibility index (Phi) is 2.24. The third-order valence-electron chi connectivity index (χ3n) is 3.06. The standard InChI is InChI=1S/C9H15FN2O/c1-6-2-3-7(10)8-5-12(6)9(13)4-11-8/h6-8,11H,2-5H2,1H3/t6-,7-,8+/m0/s1. The van der Waals surface area contributed by atoms with E-state index in [2.05, 4.69) is 5.32 Å². The highest BCUT2D eigenvalue weighted by Gasteiger charge is 2.36. The van der Waals surface area contributed by atoms with Crippen LogP contribution in [0.1, 0.15) is 19.8 Å². The van der Waals surface area contributed by atoms with E-state index in [0.29, 0.717) is 19.5 Å². The molecule has 2 bridgehead atoms. The highest BCUT2D eigenvalue weighted by Crippen LogP contribution is 2.21. The monoisotopic (exact) mass is 186 g/mol. The molecular weight excluding hydrogens is 171 g/mol. The SMILES string of the molecule is C[C@H]1CC[C@H](F)[C@H]2CN1C(=O)CN2. The Morgan fingerprint density at radius 3 is 3.08 bits per heavy atom. The summed E-state index contributed by atoms with van der Waals surface area (Å²) < 4.78 is 13.4. The maximum absolute atomic E-state index is 13.4. The first kappa shape index (κ1) is 8.94. The Bertz CT molecular complexity index is 222. The first-order chi connectivity index (χ1) is 6.18. The van der Waals surface area contributed by atoms with Crippen molar-refractivity contribution in [3.63, 3.8) is 0 Å². The van der Waals surface area contributed by atoms with Crippen molar-refractivity contribution in [2.24, 2.45) is 0 Å². The summed E-state index contributed by atoms with van der Waals surface area (Å²) in [6.45, 7) is 2.84. The Morgan fingerprint density at radius 1 is 1.54 bits per heavy atom. The van der Waals surface area contributed by atoms with Crippen molar-refractivity contribution < 1.29 is 9.18 Å². The summed E-state index contributed by atoms with van der Waals surface area (Å²) in [4.78, 5) is 13.2. The summed E-state index contributed by atoms with van der Waals surface area (Å²) in [7, 11) is 0. The molecule has 0 aromatic carbocycles. The number of fused-ring (bicyclic) bond motifs is 2. The summed E-state index contributed by atoms with van der Waals surface area (Å²) in [6, 6.07) is 0.0699. The molecule has 4 heteroatoms. The van der Waals surface area contributed by atoms with E-state index in [9.17, 15) is 9.18 Å². The van der Waals surface area contributed by atoms with Gasteiger partial charge in [0, 0.05) is 12.6 Å². The van der Waals surface area contributed by atoms with Gasteiger partial charge in [-0.2, -0.15) is 0 Å². The summed E-state index contributed by atoms with van der Waals surface area (Å²) in [5.41, 5.74) is 0. The van der Waals surface area contributed by atoms with E-state index in [0.717, 1.165) is 6.42 Å². The topological polar surface area (TPSA) is 32.3 Å². The van der Waals surface area contributed by atoms with E-state index in [1.54, 1.807) is 4.90 Å². The van der Waals surface area contributed by atoms with Crippen LogP contribution in [0.4, 0.5) is 4.39 Å². The van der Waals surface area contributed by atoms with Crippen LogP contribution in [-0.4, -0.2) is 42.2 Å². The fraction of sp³-hybridized carbons (Fsp3) is 0.889. The van der Waals surface area contributed by atoms with Crippen LogP contribution in [0.15, 0.2) is 0 Å². The summed E-state index contributed by atoms with van der Waals surface area (Å²) in [5.74, 6) is 0.109. The molecule has 74 valence electrons. The lowest BCUT2D eigenvalue weighted by Gasteiger charge is -2.34. The lowest BCUT2D eigenvalue weighted by atomic mass is 10.1. The molecule has 2 saturated heterocycles. The number of piperazine rings is 1. The predicted molar refractivity (Wildman–Crippen MR) is 47.1 cm³/mol. The smallest absolute Gasteiger partial charge is 0.236 e. The van der Waals surface area contributed by atoms with Crippen LogP contribution < -0.4 is 5.32 Å². The number of amides is 1. The number of nitrogens with zero attached hydrogens (tertiary/aromatic N) is 1. The molecule has 0 aliphatic carbocycles. The van der Waals surface area contributed by atoms with Crippen LogP contribution >= 0.6 is 0 Å². The van der Waals surface area contributed by atoms with Gasteiger partial charge in [0.15, 0.2) is 0 Å². The molecule has 0 saturated carbocycles. The lowest BCUT2D eigenvalue weighted by molar-refractivity contribution is -0.134. The highest BCUT2D eigenvalue weighted by atomic mass is 19.1. The normalized spacial score (nSPS) is 40.3. The van der Waals surface area contributed by atoms with Crippen LogP contribution in [0.25, 0.3) is 0 Å². The molecule has 0 aromatic rings. The predicted octanol–water partition coefficient (Wildman–Crippen LogP) is 0.307. The number of rotatable bonds is 0. The van der Waals surface area contributed by atoms with Gasteiger partial charge in [0.05, 0.1) is 12.6 Å². The number of carbonyl (C=O) groups excluding carboxylic acids is 1. The van der Waals surface area contributed by atoms with Gasteiger partial charge in [-0.05, 0) is 19.8 Å². The van der Waals surface area contributed by atoms with Gasteiger partial charge in [-0.25, -0.2) is 4.39 Å². The number of alkyl halides is 1. The molecule has 3 nitrogen and oxygen atoms in total. The van der Waals surface area contributed by atoms with Crippen molar-refractivity contribution in [1.29, 1.82) is 0 Å². The summed E-state index contributed by atoms with van der Waals surface area (Å²) in [6.07, 6.45) is 0.564. The molecule has 13 heavy (non-hydrogen) atoms. The molecule has 1 amide bonds. The van der Waals surface area contributed by atoms with Crippen molar-refractivity contribution in [3.05, 3.63) is 0 Å². The van der Waals surface area contributed by atoms with Crippen molar-refractivity contribution in [1.82, 2.24) is 10.2 Å². The van der Waals surface area contributed by atoms with Gasteiger partial charge in [0.1, 0.15) is 6.17 Å². The Labute approximate surface area is 77.3 Å². The largest absolute Gasteiger partial charge is 0.337 e. The Balaban J connectivity index is 2.16. The van der Waals surface area contributed by atoms with E-state index in [-0.39, 0.29) is 18.0 Å². The second-order valence-corrected chi connectivity index (χ2v) is 3.98. The second-order valence-electron chi connectivity index (χ2n) is 3.98. The third-order valence-corrected chi connectivity index (χ3v) is 3.06. The highest BCUT2D eigenvalue weighted by molar-refractivity contribution is 5.79. The molecule has 2 heterocycles. The Morgan fingerprint density at radius 2 is 2.31 bits per heavy atom. The molecule has 2 aliphatic heterocycles. The van der Waals surface area contributed by atoms with Gasteiger partial charge in [-0.1, -0.05) is 0 Å². The second kappa shape index (κ2) is 3.25. The van der Waals surface area contributed by atoms with Crippen LogP contribution in [0.2, 0.25) is 0 Å². The quantitative estimate of drug-likeness (QED) is 0.590. The molecule has 0 unspecified atom stereocenters. The van der Waals surface area contributed by atoms with E-state index < -0.39 is 6.17 Å². The van der Waals surface area contributed by atoms with Crippen LogP contribution in [-0.2, 0) is 4.79 Å². The van der Waals surface area contributed by atoms with E-state index in [1.165, 1.54) is 0 Å². The molecule has 2 rings (SSSR count). The number of hydrogen-bond acceptors (Lipinski definition) is 2. The van der Waals surface area contributed by atoms with Crippen LogP contribution in [0.3, 0.4) is 0 Å². The van der Waals surface area contributed by atoms with Crippen molar-refractivity contribution in [2.75, 3.05) is 13.1 Å². The fourth-order valence-corrected chi connectivity index (χ4v) is 2.12. The molecule has 2 fully saturated rings. The first-order valence-corrected chi connectivity index (χ1v) is 4.85. The minimum absolute atomic E-state index is 0.109. The zero-order valence-electron chi connectivity index (χ0n) is 7.79. The third kappa shape index (κ3) is 1.55. The number of carbonyl (C=O) groups is 1. The number of nitrogens with one attached hydrogen (secondary N) is 1. The van der Waals surface area contributed by atoms with Crippen LogP contribution in [0, 0.1) is 0 Å². The average Bonchev–Trinajstić information content (AvgIpc) is 2.24. The summed E-state index contributed by atoms with van der Waals surface area (Å²) in [5, 5.41) is 2.94. The van der Waals surface area contributed by atoms with Gasteiger partial charge >= 0.3 is 0 Å². The molecule has 0 spiro atoms. The van der Waals surface area contributed by atoms with Gasteiger partial charge in [-0.15, -0.1) is 0 Å². The molecule has 1 N–H and O–H groups in total. The molecule has 0 aromatic heterocycles. The van der Waals surface area contributed by atoms with Crippen LogP contribution in [0.5, 0.6) is 0 Å². The average molecular weight is 186 g/mol. The van der Waals surface area contributed by atoms with Gasteiger partial charge in [0.2, 0.25) is 5.91 Å². The summed E-state index contributed by atoms with van der Waals surface area (Å²) >= 11 is 0. The maximum Gasteiger partial charge on any atom is 0.236 e. The van der Waals surface area contributed by atoms with Gasteiger partial charge in [0.25, 0.3) is 0 Å². The number of hydrogen-bond donors (Lipinski definition) is 1. The van der Waals surface area contributed by atoms with Crippen molar-refractivity contribution >= 4 is 5.91 Å². The van der Waals surface area contributed by atoms with Gasteiger partial charge in [-0.3, -0.25) is 4.79 Å². The maximum atomic E-state index is 13.4. The molecule has 3 atom stereocenters.